The van der Waals surface area contributed by atoms with Crippen LogP contribution in [0.3, 0.4) is 0 Å². The predicted octanol–water partition coefficient (Wildman–Crippen LogP) is 1.07. The number of amides is 2. The lowest BCUT2D eigenvalue weighted by molar-refractivity contribution is -0.908. The van der Waals surface area contributed by atoms with Crippen molar-refractivity contribution in [3.8, 4) is 0 Å². The monoisotopic (exact) mass is 504 g/mol. The first-order chi connectivity index (χ1) is 18.0. The first-order valence-electron chi connectivity index (χ1n) is 12.9. The van der Waals surface area contributed by atoms with E-state index in [2.05, 4.69) is 4.98 Å². The van der Waals surface area contributed by atoms with Crippen molar-refractivity contribution < 1.29 is 24.1 Å². The van der Waals surface area contributed by atoms with Gasteiger partial charge in [0.1, 0.15) is 19.1 Å². The van der Waals surface area contributed by atoms with Gasteiger partial charge in [0.05, 0.1) is 37.3 Å². The zero-order chi connectivity index (χ0) is 25.5. The number of ether oxygens (including phenoxy) is 1. The van der Waals surface area contributed by atoms with Crippen molar-refractivity contribution in [1.82, 2.24) is 14.8 Å². The van der Waals surface area contributed by atoms with Crippen LogP contribution < -0.4 is 4.90 Å². The van der Waals surface area contributed by atoms with Gasteiger partial charge in [-0.2, -0.15) is 0 Å². The van der Waals surface area contributed by atoms with E-state index in [1.54, 1.807) is 21.9 Å². The van der Waals surface area contributed by atoms with Crippen molar-refractivity contribution >= 4 is 28.4 Å². The third-order valence-electron chi connectivity index (χ3n) is 7.90. The Balaban J connectivity index is 1.34. The Hall–Kier alpha value is -3.76. The molecule has 4 heterocycles. The molecule has 0 radical (unpaired) electrons. The van der Waals surface area contributed by atoms with Gasteiger partial charge in [-0.05, 0) is 17.2 Å². The number of rotatable bonds is 6. The molecule has 3 aromatic rings. The van der Waals surface area contributed by atoms with Gasteiger partial charge in [0, 0.05) is 48.1 Å². The van der Waals surface area contributed by atoms with E-state index in [0.717, 1.165) is 61.4 Å². The normalized spacial score (nSPS) is 22.3. The first kappa shape index (κ1) is 23.6. The maximum Gasteiger partial charge on any atom is 0.269 e. The van der Waals surface area contributed by atoms with Gasteiger partial charge < -0.3 is 24.4 Å². The van der Waals surface area contributed by atoms with Crippen LogP contribution in [0.25, 0.3) is 10.9 Å². The number of fused-ring (bicyclic) bond motifs is 4. The summed E-state index contributed by atoms with van der Waals surface area (Å²) >= 11 is 0. The molecule has 0 bridgehead atoms. The van der Waals surface area contributed by atoms with Crippen molar-refractivity contribution in [3.05, 3.63) is 75.5 Å². The SMILES string of the molecule is O=C1[C@@H]2Cc3c([nH]c4ccccc34)[C@H](c3cccc([N+](=O)[O-])c3)N2C(=O)CN1CCC[NH+]1CCOCC1. The van der Waals surface area contributed by atoms with Gasteiger partial charge in [0.25, 0.3) is 5.69 Å². The number of morpholine rings is 1. The molecule has 2 aromatic carbocycles. The number of quaternary nitrogens is 1. The summed E-state index contributed by atoms with van der Waals surface area (Å²) in [5, 5.41) is 12.5. The van der Waals surface area contributed by atoms with Crippen molar-refractivity contribution in [2.75, 3.05) is 45.9 Å². The first-order valence-corrected chi connectivity index (χ1v) is 12.9. The topological polar surface area (TPSA) is 113 Å². The van der Waals surface area contributed by atoms with Crippen molar-refractivity contribution in [1.29, 1.82) is 0 Å². The molecule has 2 N–H and O–H groups in total. The number of H-pyrrole nitrogens is 1. The Kier molecular flexibility index (Phi) is 6.13. The summed E-state index contributed by atoms with van der Waals surface area (Å²) in [6, 6.07) is 13.0. The molecule has 0 saturated carbocycles. The van der Waals surface area contributed by atoms with Crippen LogP contribution in [0.15, 0.2) is 48.5 Å². The molecule has 1 aromatic heterocycles. The number of piperazine rings is 1. The molecule has 0 aliphatic carbocycles. The molecule has 37 heavy (non-hydrogen) atoms. The Morgan fingerprint density at radius 1 is 1.11 bits per heavy atom. The Bertz CT molecular complexity index is 1360. The molecule has 192 valence electrons. The minimum Gasteiger partial charge on any atom is -0.370 e. The molecule has 10 heteroatoms. The summed E-state index contributed by atoms with van der Waals surface area (Å²) < 4.78 is 5.43. The molecule has 3 aliphatic heterocycles. The van der Waals surface area contributed by atoms with E-state index in [0.29, 0.717) is 18.5 Å². The zero-order valence-electron chi connectivity index (χ0n) is 20.5. The molecule has 2 fully saturated rings. The number of nitrogens with zero attached hydrogens (tertiary/aromatic N) is 3. The summed E-state index contributed by atoms with van der Waals surface area (Å²) in [5.41, 5.74) is 3.32. The van der Waals surface area contributed by atoms with Crippen LogP contribution in [0.1, 0.15) is 29.3 Å². The van der Waals surface area contributed by atoms with Crippen LogP contribution in [0.4, 0.5) is 5.69 Å². The summed E-state index contributed by atoms with van der Waals surface area (Å²) in [5.74, 6) is -0.188. The quantitative estimate of drug-likeness (QED) is 0.385. The third kappa shape index (κ3) is 4.25. The van der Waals surface area contributed by atoms with E-state index in [9.17, 15) is 19.7 Å². The number of benzene rings is 2. The number of carbonyl (C=O) groups is 2. The van der Waals surface area contributed by atoms with Crippen molar-refractivity contribution in [2.24, 2.45) is 0 Å². The minimum absolute atomic E-state index is 0.0226. The molecule has 2 amide bonds. The third-order valence-corrected chi connectivity index (χ3v) is 7.90. The van der Waals surface area contributed by atoms with Gasteiger partial charge >= 0.3 is 0 Å². The fraction of sp³-hybridized carbons (Fsp3) is 0.407. The highest BCUT2D eigenvalue weighted by molar-refractivity contribution is 5.97. The number of hydrogen-bond acceptors (Lipinski definition) is 5. The maximum atomic E-state index is 13.8. The molecule has 0 spiro atoms. The van der Waals surface area contributed by atoms with Gasteiger partial charge in [0.2, 0.25) is 11.8 Å². The predicted molar refractivity (Wildman–Crippen MR) is 135 cm³/mol. The highest BCUT2D eigenvalue weighted by Gasteiger charge is 2.48. The average Bonchev–Trinajstić information content (AvgIpc) is 3.29. The maximum absolute atomic E-state index is 13.8. The number of hydrogen-bond donors (Lipinski definition) is 2. The van der Waals surface area contributed by atoms with Crippen LogP contribution in [0, 0.1) is 10.1 Å². The van der Waals surface area contributed by atoms with Crippen molar-refractivity contribution in [2.45, 2.75) is 24.9 Å². The summed E-state index contributed by atoms with van der Waals surface area (Å²) in [7, 11) is 0. The second-order valence-electron chi connectivity index (χ2n) is 10.1. The molecule has 6 rings (SSSR count). The van der Waals surface area contributed by atoms with E-state index in [4.69, 9.17) is 4.74 Å². The van der Waals surface area contributed by atoms with E-state index in [1.807, 2.05) is 24.3 Å². The van der Waals surface area contributed by atoms with Crippen LogP contribution in [-0.4, -0.2) is 83.5 Å². The smallest absolute Gasteiger partial charge is 0.269 e. The second-order valence-corrected chi connectivity index (χ2v) is 10.1. The number of para-hydroxylation sites is 1. The van der Waals surface area contributed by atoms with E-state index >= 15 is 0 Å². The Morgan fingerprint density at radius 3 is 2.73 bits per heavy atom. The number of nitro benzene ring substituents is 1. The number of carbonyl (C=O) groups excluding carboxylic acids is 2. The molecular weight excluding hydrogens is 474 g/mol. The lowest BCUT2D eigenvalue weighted by atomic mass is 9.86. The summed E-state index contributed by atoms with van der Waals surface area (Å²) in [4.78, 5) is 46.8. The van der Waals surface area contributed by atoms with Crippen molar-refractivity contribution in [3.63, 3.8) is 0 Å². The van der Waals surface area contributed by atoms with Gasteiger partial charge in [-0.25, -0.2) is 0 Å². The molecule has 2 saturated heterocycles. The second kappa shape index (κ2) is 9.60. The largest absolute Gasteiger partial charge is 0.370 e. The lowest BCUT2D eigenvalue weighted by Gasteiger charge is -2.47. The summed E-state index contributed by atoms with van der Waals surface area (Å²) in [6.45, 7) is 4.98. The zero-order valence-corrected chi connectivity index (χ0v) is 20.5. The van der Waals surface area contributed by atoms with Gasteiger partial charge in [0.15, 0.2) is 0 Å². The van der Waals surface area contributed by atoms with Crippen LogP contribution >= 0.6 is 0 Å². The Morgan fingerprint density at radius 2 is 1.92 bits per heavy atom. The van der Waals surface area contributed by atoms with Crippen LogP contribution in [-0.2, 0) is 20.7 Å². The Labute approximate surface area is 213 Å². The van der Waals surface area contributed by atoms with Gasteiger partial charge in [-0.15, -0.1) is 0 Å². The standard InChI is InChI=1S/C27H29N5O5/c33-24-17-30(10-4-9-29-11-13-37-14-12-29)27(34)23-16-21-20-7-1-2-8-22(20)28-25(21)26(31(23)24)18-5-3-6-19(15-18)32(35)36/h1-3,5-8,15,23,26,28H,4,9-14,16-17H2/p+1/t23-,26-/m0/s1. The van der Waals surface area contributed by atoms with Crippen LogP contribution in [0.2, 0.25) is 0 Å². The highest BCUT2D eigenvalue weighted by Crippen LogP contribution is 2.43. The number of non-ortho nitro benzene ring substituents is 1. The molecule has 3 aliphatic rings. The van der Waals surface area contributed by atoms with Crippen LogP contribution in [0.5, 0.6) is 0 Å². The lowest BCUT2D eigenvalue weighted by Crippen LogP contribution is -3.14. The van der Waals surface area contributed by atoms with Gasteiger partial charge in [-0.1, -0.05) is 30.3 Å². The fourth-order valence-corrected chi connectivity index (χ4v) is 6.10. The molecule has 10 nitrogen and oxygen atoms in total. The molecule has 2 atom stereocenters. The number of aromatic amines is 1. The number of nitro groups is 1. The number of aromatic nitrogens is 1. The van der Waals surface area contributed by atoms with E-state index in [-0.39, 0.29) is 24.0 Å². The highest BCUT2D eigenvalue weighted by atomic mass is 16.6. The van der Waals surface area contributed by atoms with Gasteiger partial charge in [-0.3, -0.25) is 19.7 Å². The van der Waals surface area contributed by atoms with E-state index < -0.39 is 17.0 Å². The average molecular weight is 505 g/mol. The summed E-state index contributed by atoms with van der Waals surface area (Å²) in [6.07, 6.45) is 1.24. The number of nitrogens with one attached hydrogen (secondary N) is 2. The van der Waals surface area contributed by atoms with E-state index in [1.165, 1.54) is 17.0 Å². The fourth-order valence-electron chi connectivity index (χ4n) is 6.10. The molecular formula is C27H30N5O5+. The molecule has 0 unspecified atom stereocenters. The minimum atomic E-state index is -0.645.